The van der Waals surface area contributed by atoms with Crippen molar-refractivity contribution in [3.05, 3.63) is 60.2 Å². The number of nitrogens with two attached hydrogens (primary N) is 1. The highest BCUT2D eigenvalue weighted by atomic mass is 32.1. The summed E-state index contributed by atoms with van der Waals surface area (Å²) in [6, 6.07) is 9.59. The molecule has 8 heteroatoms. The van der Waals surface area contributed by atoms with E-state index in [1.165, 1.54) is 11.5 Å². The van der Waals surface area contributed by atoms with Gasteiger partial charge in [-0.1, -0.05) is 10.6 Å². The van der Waals surface area contributed by atoms with Gasteiger partial charge in [0, 0.05) is 41.1 Å². The smallest absolute Gasteiger partial charge is 0.227 e. The lowest BCUT2D eigenvalue weighted by atomic mass is 10.1. The molecule has 27 heavy (non-hydrogen) atoms. The van der Waals surface area contributed by atoms with Crippen molar-refractivity contribution in [1.82, 2.24) is 24.5 Å². The first-order valence-electron chi connectivity index (χ1n) is 8.31. The summed E-state index contributed by atoms with van der Waals surface area (Å²) in [7, 11) is 0. The summed E-state index contributed by atoms with van der Waals surface area (Å²) < 4.78 is 3.99. The van der Waals surface area contributed by atoms with E-state index in [4.69, 9.17) is 5.73 Å². The van der Waals surface area contributed by atoms with Crippen molar-refractivity contribution in [3.63, 3.8) is 0 Å². The van der Waals surface area contributed by atoms with Gasteiger partial charge in [0.2, 0.25) is 5.95 Å². The zero-order valence-corrected chi connectivity index (χ0v) is 15.7. The van der Waals surface area contributed by atoms with E-state index in [0.717, 1.165) is 38.6 Å². The second-order valence-electron chi connectivity index (χ2n) is 6.11. The van der Waals surface area contributed by atoms with E-state index in [1.54, 1.807) is 12.4 Å². The number of benzene rings is 1. The van der Waals surface area contributed by atoms with Crippen LogP contribution in [-0.2, 0) is 0 Å². The second kappa shape index (κ2) is 7.08. The van der Waals surface area contributed by atoms with Gasteiger partial charge in [-0.15, -0.1) is 5.10 Å². The maximum atomic E-state index is 5.88. The van der Waals surface area contributed by atoms with E-state index in [2.05, 4.69) is 29.9 Å². The van der Waals surface area contributed by atoms with E-state index < -0.39 is 0 Å². The zero-order chi connectivity index (χ0) is 18.8. The molecular weight excluding hydrogens is 358 g/mol. The SMILES string of the molecule is Cc1ccc(N)cc1Nc1nccc(-c2cncc(-c3snnc3C)c2)n1. The number of hydrogen-bond donors (Lipinski definition) is 2. The van der Waals surface area contributed by atoms with Gasteiger partial charge in [0.1, 0.15) is 0 Å². The number of nitrogen functional groups attached to an aromatic ring is 1. The van der Waals surface area contributed by atoms with Crippen LogP contribution in [0.4, 0.5) is 17.3 Å². The van der Waals surface area contributed by atoms with Crippen LogP contribution in [0.2, 0.25) is 0 Å². The van der Waals surface area contributed by atoms with Crippen molar-refractivity contribution in [2.75, 3.05) is 11.1 Å². The number of nitrogens with one attached hydrogen (secondary N) is 1. The summed E-state index contributed by atoms with van der Waals surface area (Å²) >= 11 is 1.36. The molecule has 4 rings (SSSR count). The van der Waals surface area contributed by atoms with E-state index in [1.807, 2.05) is 50.4 Å². The fourth-order valence-corrected chi connectivity index (χ4v) is 3.31. The molecule has 4 aromatic rings. The Bertz CT molecular complexity index is 1110. The Morgan fingerprint density at radius 1 is 1.04 bits per heavy atom. The minimum absolute atomic E-state index is 0.502. The summed E-state index contributed by atoms with van der Waals surface area (Å²) in [6.07, 6.45) is 5.31. The van der Waals surface area contributed by atoms with Crippen LogP contribution in [0.15, 0.2) is 48.9 Å². The van der Waals surface area contributed by atoms with Crippen molar-refractivity contribution in [2.24, 2.45) is 0 Å². The normalized spacial score (nSPS) is 10.7. The number of anilines is 3. The molecular formula is C19H17N7S. The average molecular weight is 375 g/mol. The largest absolute Gasteiger partial charge is 0.399 e. The molecule has 134 valence electrons. The summed E-state index contributed by atoms with van der Waals surface area (Å²) in [5.74, 6) is 0.502. The van der Waals surface area contributed by atoms with Gasteiger partial charge in [-0.25, -0.2) is 9.97 Å². The summed E-state index contributed by atoms with van der Waals surface area (Å²) in [4.78, 5) is 14.3. The van der Waals surface area contributed by atoms with Gasteiger partial charge in [-0.3, -0.25) is 4.98 Å². The number of aromatic nitrogens is 5. The molecule has 1 aromatic carbocycles. The quantitative estimate of drug-likeness (QED) is 0.520. The molecule has 0 fully saturated rings. The van der Waals surface area contributed by atoms with Crippen LogP contribution in [0.3, 0.4) is 0 Å². The highest BCUT2D eigenvalue weighted by Crippen LogP contribution is 2.29. The molecule has 0 unspecified atom stereocenters. The summed E-state index contributed by atoms with van der Waals surface area (Å²) in [5, 5.41) is 7.30. The topological polar surface area (TPSA) is 102 Å². The Morgan fingerprint density at radius 3 is 2.70 bits per heavy atom. The fourth-order valence-electron chi connectivity index (χ4n) is 2.67. The van der Waals surface area contributed by atoms with Crippen LogP contribution in [0.1, 0.15) is 11.3 Å². The van der Waals surface area contributed by atoms with Crippen LogP contribution < -0.4 is 11.1 Å². The molecule has 0 bridgehead atoms. The van der Waals surface area contributed by atoms with Gasteiger partial charge in [-0.2, -0.15) is 0 Å². The number of pyridine rings is 1. The standard InChI is InChI=1S/C19H17N7S/c1-11-3-4-15(20)8-17(11)24-19-22-6-5-16(23-19)13-7-14(10-21-9-13)18-12(2)25-26-27-18/h3-10H,20H2,1-2H3,(H,22,23,24). The Hall–Kier alpha value is -3.39. The molecule has 0 aliphatic carbocycles. The molecule has 0 atom stereocenters. The minimum atomic E-state index is 0.502. The minimum Gasteiger partial charge on any atom is -0.399 e. The third-order valence-corrected chi connectivity index (χ3v) is 4.99. The molecule has 3 aromatic heterocycles. The van der Waals surface area contributed by atoms with E-state index in [0.29, 0.717) is 11.6 Å². The van der Waals surface area contributed by atoms with Crippen LogP contribution in [-0.4, -0.2) is 24.5 Å². The molecule has 0 amide bonds. The van der Waals surface area contributed by atoms with Crippen LogP contribution in [0.25, 0.3) is 21.7 Å². The third kappa shape index (κ3) is 3.61. The average Bonchev–Trinajstić information content (AvgIpc) is 3.11. The molecule has 0 saturated heterocycles. The van der Waals surface area contributed by atoms with Crippen molar-refractivity contribution in [2.45, 2.75) is 13.8 Å². The Balaban J connectivity index is 1.67. The first-order valence-corrected chi connectivity index (χ1v) is 9.08. The van der Waals surface area contributed by atoms with Crippen LogP contribution in [0.5, 0.6) is 0 Å². The molecule has 0 radical (unpaired) electrons. The highest BCUT2D eigenvalue weighted by Gasteiger charge is 2.10. The third-order valence-electron chi connectivity index (χ3n) is 4.11. The van der Waals surface area contributed by atoms with Crippen LogP contribution >= 0.6 is 11.5 Å². The molecule has 3 N–H and O–H groups in total. The maximum absolute atomic E-state index is 5.88. The first kappa shape index (κ1) is 17.0. The van der Waals surface area contributed by atoms with Crippen molar-refractivity contribution in [3.8, 4) is 21.7 Å². The summed E-state index contributed by atoms with van der Waals surface area (Å²) in [6.45, 7) is 3.94. The number of nitrogens with zero attached hydrogens (tertiary/aromatic N) is 5. The van der Waals surface area contributed by atoms with Crippen molar-refractivity contribution in [1.29, 1.82) is 0 Å². The lowest BCUT2D eigenvalue weighted by Gasteiger charge is -2.10. The van der Waals surface area contributed by atoms with Crippen molar-refractivity contribution < 1.29 is 0 Å². The van der Waals surface area contributed by atoms with E-state index >= 15 is 0 Å². The van der Waals surface area contributed by atoms with E-state index in [9.17, 15) is 0 Å². The first-order chi connectivity index (χ1) is 13.1. The zero-order valence-electron chi connectivity index (χ0n) is 14.8. The molecule has 3 heterocycles. The Morgan fingerprint density at radius 2 is 1.89 bits per heavy atom. The monoisotopic (exact) mass is 375 g/mol. The molecule has 0 spiro atoms. The van der Waals surface area contributed by atoms with Gasteiger partial charge >= 0.3 is 0 Å². The lowest BCUT2D eigenvalue weighted by molar-refractivity contribution is 1.09. The number of hydrogen-bond acceptors (Lipinski definition) is 8. The predicted molar refractivity (Wildman–Crippen MR) is 108 cm³/mol. The second-order valence-corrected chi connectivity index (χ2v) is 6.87. The van der Waals surface area contributed by atoms with Gasteiger partial charge in [0.15, 0.2) is 0 Å². The van der Waals surface area contributed by atoms with Crippen molar-refractivity contribution >= 4 is 28.9 Å². The van der Waals surface area contributed by atoms with Gasteiger partial charge in [0.05, 0.1) is 16.3 Å². The van der Waals surface area contributed by atoms with Gasteiger partial charge in [0.25, 0.3) is 0 Å². The number of aryl methyl sites for hydroxylation is 2. The molecule has 7 nitrogen and oxygen atoms in total. The number of rotatable bonds is 4. The predicted octanol–water partition coefficient (Wildman–Crippen LogP) is 4.00. The highest BCUT2D eigenvalue weighted by molar-refractivity contribution is 7.09. The summed E-state index contributed by atoms with van der Waals surface area (Å²) in [5.41, 5.74) is 12.0. The maximum Gasteiger partial charge on any atom is 0.227 e. The lowest BCUT2D eigenvalue weighted by Crippen LogP contribution is -2.00. The molecule has 0 aliphatic heterocycles. The van der Waals surface area contributed by atoms with Gasteiger partial charge < -0.3 is 11.1 Å². The Kier molecular flexibility index (Phi) is 4.47. The molecule has 0 saturated carbocycles. The Labute approximate surface area is 160 Å². The fraction of sp³-hybridized carbons (Fsp3) is 0.105. The molecule has 0 aliphatic rings. The van der Waals surface area contributed by atoms with E-state index in [-0.39, 0.29) is 0 Å². The van der Waals surface area contributed by atoms with Gasteiger partial charge in [-0.05, 0) is 55.2 Å². The van der Waals surface area contributed by atoms with Crippen LogP contribution in [0, 0.1) is 13.8 Å².